The maximum atomic E-state index is 13.4. The third-order valence-corrected chi connectivity index (χ3v) is 4.95. The Morgan fingerprint density at radius 2 is 1.59 bits per heavy atom. The molecule has 0 radical (unpaired) electrons. The number of esters is 1. The summed E-state index contributed by atoms with van der Waals surface area (Å²) in [6, 6.07) is 1.19. The van der Waals surface area contributed by atoms with Gasteiger partial charge in [-0.2, -0.15) is 34.8 Å². The van der Waals surface area contributed by atoms with Crippen molar-refractivity contribution in [2.45, 2.75) is 37.5 Å². The zero-order valence-corrected chi connectivity index (χ0v) is 16.2. The molecular formula is C14H16B2F6O6S. The normalized spacial score (nSPS) is 13.4. The first-order chi connectivity index (χ1) is 12.9. The van der Waals surface area contributed by atoms with Gasteiger partial charge in [-0.25, -0.2) is 4.79 Å². The topological polar surface area (TPSA) is 101 Å². The van der Waals surface area contributed by atoms with Gasteiger partial charge in [0.1, 0.15) is 27.2 Å². The number of hydrogen-bond donors (Lipinski definition) is 2. The van der Waals surface area contributed by atoms with Gasteiger partial charge in [0.05, 0.1) is 5.56 Å². The number of ether oxygens (including phenoxy) is 1. The zero-order valence-electron chi connectivity index (χ0n) is 15.4. The predicted octanol–water partition coefficient (Wildman–Crippen LogP) is 0.875. The number of halogens is 6. The third-order valence-electron chi connectivity index (χ3n) is 4.18. The Labute approximate surface area is 163 Å². The third kappa shape index (κ3) is 5.00. The van der Waals surface area contributed by atoms with Crippen molar-refractivity contribution in [2.24, 2.45) is 0 Å². The fraction of sp³-hybridized carbons (Fsp3) is 0.500. The molecule has 0 aliphatic heterocycles. The largest absolute Gasteiger partial charge is 0.507 e. The first-order valence-corrected chi connectivity index (χ1v) is 9.69. The van der Waals surface area contributed by atoms with E-state index in [2.05, 4.69) is 4.74 Å². The number of aryl methyl sites for hydroxylation is 1. The summed E-state index contributed by atoms with van der Waals surface area (Å²) in [4.78, 5) is 12.5. The molecule has 0 atom stereocenters. The number of phenolic OH excluding ortho intramolecular Hbond substituents is 1. The summed E-state index contributed by atoms with van der Waals surface area (Å²) >= 11 is 0. The van der Waals surface area contributed by atoms with E-state index in [-0.39, 0.29) is 29.3 Å². The van der Waals surface area contributed by atoms with Crippen LogP contribution >= 0.6 is 0 Å². The van der Waals surface area contributed by atoms with Crippen LogP contribution in [0.3, 0.4) is 0 Å². The van der Waals surface area contributed by atoms with E-state index in [0.29, 0.717) is 0 Å². The Morgan fingerprint density at radius 1 is 1.10 bits per heavy atom. The van der Waals surface area contributed by atoms with E-state index in [0.717, 1.165) is 0 Å². The lowest BCUT2D eigenvalue weighted by atomic mass is 9.83. The summed E-state index contributed by atoms with van der Waals surface area (Å²) in [5.41, 5.74) is -6.28. The SMILES string of the molecule is BCc1cc(C)c(O)c(CB)c1C(=O)OC(CS(=O)(=O)O)(C(F)(F)F)C(F)(F)F. The minimum atomic E-state index is -6.43. The van der Waals surface area contributed by atoms with Crippen molar-refractivity contribution in [1.82, 2.24) is 0 Å². The van der Waals surface area contributed by atoms with Gasteiger partial charge >= 0.3 is 23.9 Å². The molecule has 0 fully saturated rings. The van der Waals surface area contributed by atoms with Crippen molar-refractivity contribution in [1.29, 1.82) is 0 Å². The molecule has 0 saturated heterocycles. The molecule has 15 heteroatoms. The van der Waals surface area contributed by atoms with Gasteiger partial charge in [0.25, 0.3) is 10.1 Å². The van der Waals surface area contributed by atoms with Crippen LogP contribution in [0.25, 0.3) is 0 Å². The number of phenols is 1. The number of benzene rings is 1. The fourth-order valence-corrected chi connectivity index (χ4v) is 3.67. The Kier molecular flexibility index (Phi) is 7.02. The van der Waals surface area contributed by atoms with E-state index >= 15 is 0 Å². The van der Waals surface area contributed by atoms with Crippen molar-refractivity contribution < 1.29 is 54.0 Å². The average molecular weight is 448 g/mol. The number of carbonyl (C=O) groups is 1. The summed E-state index contributed by atoms with van der Waals surface area (Å²) in [5, 5.41) is 10.1. The molecule has 0 unspecified atom stereocenters. The second-order valence-electron chi connectivity index (χ2n) is 6.20. The average Bonchev–Trinajstić information content (AvgIpc) is 2.52. The van der Waals surface area contributed by atoms with Crippen LogP contribution in [0.2, 0.25) is 0 Å². The summed E-state index contributed by atoms with van der Waals surface area (Å²) in [7, 11) is -3.04. The monoisotopic (exact) mass is 448 g/mol. The standard InChI is InChI=1S/C14H16B2F6O6S/c1-6-2-7(3-15)9(8(4-16)10(6)23)11(24)28-12(13(17,18)19,14(20,21)22)5-29(25,26)27/h2,23H,3-5,15-16H2,1H3,(H,25,26,27). The van der Waals surface area contributed by atoms with Gasteiger partial charge in [-0.15, -0.1) is 0 Å². The van der Waals surface area contributed by atoms with Crippen LogP contribution < -0.4 is 0 Å². The van der Waals surface area contributed by atoms with Gasteiger partial charge in [0.2, 0.25) is 0 Å². The Balaban J connectivity index is 3.77. The number of hydrogen-bond acceptors (Lipinski definition) is 5. The maximum absolute atomic E-state index is 13.4. The minimum Gasteiger partial charge on any atom is -0.507 e. The van der Waals surface area contributed by atoms with Gasteiger partial charge in [-0.3, -0.25) is 4.55 Å². The van der Waals surface area contributed by atoms with Crippen molar-refractivity contribution >= 4 is 31.8 Å². The number of alkyl halides is 6. The second-order valence-corrected chi connectivity index (χ2v) is 7.65. The second kappa shape index (κ2) is 8.09. The number of rotatable bonds is 6. The molecule has 0 aromatic heterocycles. The molecule has 0 bridgehead atoms. The van der Waals surface area contributed by atoms with E-state index in [9.17, 15) is 44.7 Å². The van der Waals surface area contributed by atoms with Crippen LogP contribution in [-0.2, 0) is 27.5 Å². The molecular weight excluding hydrogens is 432 g/mol. The quantitative estimate of drug-likeness (QED) is 0.290. The lowest BCUT2D eigenvalue weighted by molar-refractivity contribution is -0.356. The Bertz CT molecular complexity index is 883. The highest BCUT2D eigenvalue weighted by molar-refractivity contribution is 7.85. The summed E-state index contributed by atoms with van der Waals surface area (Å²) in [6.45, 7) is 1.41. The fourth-order valence-electron chi connectivity index (χ4n) is 2.77. The van der Waals surface area contributed by atoms with E-state index in [4.69, 9.17) is 4.55 Å². The number of carbonyl (C=O) groups excluding carboxylic acids is 1. The molecule has 2 N–H and O–H groups in total. The van der Waals surface area contributed by atoms with E-state index in [1.54, 1.807) is 0 Å². The Hall–Kier alpha value is -1.89. The first-order valence-electron chi connectivity index (χ1n) is 8.08. The summed E-state index contributed by atoms with van der Waals surface area (Å²) in [6.07, 6.45) is -13.0. The van der Waals surface area contributed by atoms with E-state index in [1.807, 2.05) is 0 Å². The highest BCUT2D eigenvalue weighted by atomic mass is 32.2. The molecule has 1 aromatic carbocycles. The molecule has 0 amide bonds. The molecule has 6 nitrogen and oxygen atoms in total. The van der Waals surface area contributed by atoms with Crippen LogP contribution in [0.15, 0.2) is 6.07 Å². The maximum Gasteiger partial charge on any atom is 0.438 e. The molecule has 162 valence electrons. The molecule has 29 heavy (non-hydrogen) atoms. The lowest BCUT2D eigenvalue weighted by Crippen LogP contribution is -2.63. The molecule has 1 aromatic rings. The predicted molar refractivity (Wildman–Crippen MR) is 94.0 cm³/mol. The highest BCUT2D eigenvalue weighted by Crippen LogP contribution is 2.47. The molecule has 0 aliphatic rings. The van der Waals surface area contributed by atoms with Crippen molar-refractivity contribution in [3.8, 4) is 5.75 Å². The summed E-state index contributed by atoms with van der Waals surface area (Å²) < 4.78 is 114. The van der Waals surface area contributed by atoms with Gasteiger partial charge in [0.15, 0.2) is 0 Å². The minimum absolute atomic E-state index is 0.00717. The van der Waals surface area contributed by atoms with Gasteiger partial charge < -0.3 is 9.84 Å². The molecule has 1 rings (SSSR count). The molecule has 0 heterocycles. The number of aromatic hydroxyl groups is 1. The lowest BCUT2D eigenvalue weighted by Gasteiger charge is -2.35. The zero-order chi connectivity index (χ0) is 23.0. The first kappa shape index (κ1) is 25.1. The molecule has 0 aliphatic carbocycles. The van der Waals surface area contributed by atoms with Crippen LogP contribution in [0.4, 0.5) is 26.3 Å². The molecule has 0 spiro atoms. The van der Waals surface area contributed by atoms with E-state index in [1.165, 1.54) is 28.7 Å². The molecule has 0 saturated carbocycles. The van der Waals surface area contributed by atoms with Crippen LogP contribution in [0.5, 0.6) is 5.75 Å². The van der Waals surface area contributed by atoms with Gasteiger partial charge in [0, 0.05) is 5.56 Å². The van der Waals surface area contributed by atoms with Crippen molar-refractivity contribution in [2.75, 3.05) is 5.75 Å². The van der Waals surface area contributed by atoms with Crippen LogP contribution in [0.1, 0.15) is 27.0 Å². The smallest absolute Gasteiger partial charge is 0.438 e. The van der Waals surface area contributed by atoms with Crippen molar-refractivity contribution in [3.05, 3.63) is 28.3 Å². The van der Waals surface area contributed by atoms with Gasteiger partial charge in [-0.05, 0) is 18.1 Å². The van der Waals surface area contributed by atoms with Crippen LogP contribution in [-0.4, -0.2) is 63.4 Å². The van der Waals surface area contributed by atoms with Crippen molar-refractivity contribution in [3.63, 3.8) is 0 Å². The Morgan fingerprint density at radius 3 is 1.93 bits per heavy atom. The van der Waals surface area contributed by atoms with E-state index < -0.39 is 51.1 Å². The van der Waals surface area contributed by atoms with Gasteiger partial charge in [-0.1, -0.05) is 18.7 Å². The summed E-state index contributed by atoms with van der Waals surface area (Å²) in [5.74, 6) is -5.62. The van der Waals surface area contributed by atoms with Crippen LogP contribution in [0, 0.1) is 6.92 Å². The highest BCUT2D eigenvalue weighted by Gasteiger charge is 2.76.